The molecule has 1 atom stereocenters. The van der Waals surface area contributed by atoms with E-state index in [-0.39, 0.29) is 12.0 Å². The van der Waals surface area contributed by atoms with Gasteiger partial charge >= 0.3 is 5.97 Å². The fourth-order valence-electron chi connectivity index (χ4n) is 2.72. The molecule has 1 aliphatic rings. The maximum atomic E-state index is 10.9. The Hall–Kier alpha value is -1.35. The topological polar surface area (TPSA) is 52.3 Å². The van der Waals surface area contributed by atoms with Gasteiger partial charge in [0.1, 0.15) is 5.75 Å². The van der Waals surface area contributed by atoms with E-state index in [2.05, 4.69) is 0 Å². The molecule has 0 bridgehead atoms. The average molecular weight is 247 g/mol. The quantitative estimate of drug-likeness (QED) is 0.659. The number of ether oxygens (including phenoxy) is 1. The second-order valence-corrected chi connectivity index (χ2v) is 5.09. The van der Waals surface area contributed by atoms with E-state index in [1.165, 1.54) is 39.0 Å². The first-order valence-corrected chi connectivity index (χ1v) is 6.71. The lowest BCUT2D eigenvalue weighted by molar-refractivity contribution is -0.131. The van der Waals surface area contributed by atoms with Gasteiger partial charge in [0.2, 0.25) is 0 Å². The number of rotatable bonds is 3. The normalized spacial score (nSPS) is 18.3. The van der Waals surface area contributed by atoms with Crippen molar-refractivity contribution < 1.29 is 9.53 Å². The van der Waals surface area contributed by atoms with Gasteiger partial charge < -0.3 is 10.5 Å². The summed E-state index contributed by atoms with van der Waals surface area (Å²) in [5, 5.41) is 0. The van der Waals surface area contributed by atoms with Crippen molar-refractivity contribution in [2.45, 2.75) is 45.1 Å². The standard InChI is InChI=1S/C15H21NO2/c1-11(17)18-14-9-5-8-13(10-14)15(16)12-6-3-2-4-7-12/h5,8-10,12,15H,2-4,6-7,16H2,1H3/t15-/m1/s1. The largest absolute Gasteiger partial charge is 0.427 e. The molecule has 18 heavy (non-hydrogen) atoms. The summed E-state index contributed by atoms with van der Waals surface area (Å²) >= 11 is 0. The first-order valence-electron chi connectivity index (χ1n) is 6.71. The Morgan fingerprint density at radius 2 is 2.06 bits per heavy atom. The van der Waals surface area contributed by atoms with Crippen LogP contribution in [0.15, 0.2) is 24.3 Å². The van der Waals surface area contributed by atoms with Crippen LogP contribution in [0, 0.1) is 5.92 Å². The zero-order valence-corrected chi connectivity index (χ0v) is 10.9. The molecule has 2 rings (SSSR count). The van der Waals surface area contributed by atoms with E-state index in [0.29, 0.717) is 11.7 Å². The molecule has 0 aromatic heterocycles. The van der Waals surface area contributed by atoms with Crippen molar-refractivity contribution in [1.82, 2.24) is 0 Å². The molecule has 0 spiro atoms. The van der Waals surface area contributed by atoms with Crippen molar-refractivity contribution in [1.29, 1.82) is 0 Å². The SMILES string of the molecule is CC(=O)Oc1cccc([C@H](N)C2CCCCC2)c1. The van der Waals surface area contributed by atoms with E-state index < -0.39 is 0 Å². The molecule has 1 saturated carbocycles. The van der Waals surface area contributed by atoms with Crippen molar-refractivity contribution >= 4 is 5.97 Å². The Labute approximate surface area is 108 Å². The summed E-state index contributed by atoms with van der Waals surface area (Å²) in [6.07, 6.45) is 6.30. The van der Waals surface area contributed by atoms with Crippen LogP contribution in [0.5, 0.6) is 5.75 Å². The highest BCUT2D eigenvalue weighted by Crippen LogP contribution is 2.33. The predicted octanol–water partition coefficient (Wildman–Crippen LogP) is 3.19. The number of carbonyl (C=O) groups is 1. The van der Waals surface area contributed by atoms with Gasteiger partial charge in [-0.1, -0.05) is 31.4 Å². The second kappa shape index (κ2) is 6.01. The van der Waals surface area contributed by atoms with Crippen LogP contribution in [-0.4, -0.2) is 5.97 Å². The van der Waals surface area contributed by atoms with E-state index in [4.69, 9.17) is 10.5 Å². The van der Waals surface area contributed by atoms with Crippen molar-refractivity contribution in [2.75, 3.05) is 0 Å². The first kappa shape index (κ1) is 13.1. The number of carbonyl (C=O) groups excluding carboxylic acids is 1. The van der Waals surface area contributed by atoms with Gasteiger partial charge in [-0.25, -0.2) is 0 Å². The van der Waals surface area contributed by atoms with Crippen molar-refractivity contribution in [2.24, 2.45) is 11.7 Å². The van der Waals surface area contributed by atoms with Crippen molar-refractivity contribution in [3.05, 3.63) is 29.8 Å². The van der Waals surface area contributed by atoms with Crippen LogP contribution in [-0.2, 0) is 4.79 Å². The molecular formula is C15H21NO2. The monoisotopic (exact) mass is 247 g/mol. The van der Waals surface area contributed by atoms with Gasteiger partial charge in [0, 0.05) is 13.0 Å². The van der Waals surface area contributed by atoms with Crippen molar-refractivity contribution in [3.8, 4) is 5.75 Å². The number of benzene rings is 1. The number of hydrogen-bond donors (Lipinski definition) is 1. The fraction of sp³-hybridized carbons (Fsp3) is 0.533. The molecule has 0 heterocycles. The molecular weight excluding hydrogens is 226 g/mol. The molecule has 0 saturated heterocycles. The summed E-state index contributed by atoms with van der Waals surface area (Å²) in [5.74, 6) is 0.857. The van der Waals surface area contributed by atoms with Crippen LogP contribution >= 0.6 is 0 Å². The summed E-state index contributed by atoms with van der Waals surface area (Å²) in [6, 6.07) is 7.66. The smallest absolute Gasteiger partial charge is 0.308 e. The zero-order valence-electron chi connectivity index (χ0n) is 10.9. The third-order valence-corrected chi connectivity index (χ3v) is 3.66. The zero-order chi connectivity index (χ0) is 13.0. The van der Waals surface area contributed by atoms with Gasteiger partial charge in [-0.3, -0.25) is 4.79 Å². The van der Waals surface area contributed by atoms with Gasteiger partial charge in [0.25, 0.3) is 0 Å². The lowest BCUT2D eigenvalue weighted by Gasteiger charge is -2.27. The molecule has 0 aliphatic heterocycles. The van der Waals surface area contributed by atoms with Gasteiger partial charge in [-0.2, -0.15) is 0 Å². The van der Waals surface area contributed by atoms with Gasteiger partial charge in [-0.05, 0) is 36.5 Å². The minimum Gasteiger partial charge on any atom is -0.427 e. The molecule has 3 nitrogen and oxygen atoms in total. The molecule has 0 amide bonds. The lowest BCUT2D eigenvalue weighted by atomic mass is 9.81. The molecule has 3 heteroatoms. The van der Waals surface area contributed by atoms with Crippen LogP contribution < -0.4 is 10.5 Å². The Bertz CT molecular complexity index is 411. The average Bonchev–Trinajstić information content (AvgIpc) is 2.38. The number of hydrogen-bond acceptors (Lipinski definition) is 3. The Kier molecular flexibility index (Phi) is 4.37. The third kappa shape index (κ3) is 3.33. The molecule has 1 aromatic carbocycles. The number of esters is 1. The summed E-state index contributed by atoms with van der Waals surface area (Å²) in [4.78, 5) is 10.9. The van der Waals surface area contributed by atoms with Crippen LogP contribution in [0.25, 0.3) is 0 Å². The van der Waals surface area contributed by atoms with E-state index in [9.17, 15) is 4.79 Å². The summed E-state index contributed by atoms with van der Waals surface area (Å²) in [5.41, 5.74) is 7.40. The highest BCUT2D eigenvalue weighted by Gasteiger charge is 2.22. The van der Waals surface area contributed by atoms with Gasteiger partial charge in [-0.15, -0.1) is 0 Å². The van der Waals surface area contributed by atoms with Crippen molar-refractivity contribution in [3.63, 3.8) is 0 Å². The van der Waals surface area contributed by atoms with E-state index in [1.54, 1.807) is 6.07 Å². The highest BCUT2D eigenvalue weighted by molar-refractivity contribution is 5.69. The number of nitrogens with two attached hydrogens (primary N) is 1. The molecule has 2 N–H and O–H groups in total. The third-order valence-electron chi connectivity index (χ3n) is 3.66. The van der Waals surface area contributed by atoms with Crippen LogP contribution in [0.2, 0.25) is 0 Å². The molecule has 1 fully saturated rings. The minimum absolute atomic E-state index is 0.0563. The van der Waals surface area contributed by atoms with E-state index in [1.807, 2.05) is 18.2 Å². The first-order chi connectivity index (χ1) is 8.66. The van der Waals surface area contributed by atoms with Crippen LogP contribution in [0.4, 0.5) is 0 Å². The second-order valence-electron chi connectivity index (χ2n) is 5.09. The van der Waals surface area contributed by atoms with E-state index in [0.717, 1.165) is 5.56 Å². The maximum absolute atomic E-state index is 10.9. The van der Waals surface area contributed by atoms with E-state index >= 15 is 0 Å². The highest BCUT2D eigenvalue weighted by atomic mass is 16.5. The minimum atomic E-state index is -0.293. The van der Waals surface area contributed by atoms with Gasteiger partial charge in [0.05, 0.1) is 0 Å². The fourth-order valence-corrected chi connectivity index (χ4v) is 2.72. The van der Waals surface area contributed by atoms with Gasteiger partial charge in [0.15, 0.2) is 0 Å². The molecule has 0 unspecified atom stereocenters. The lowest BCUT2D eigenvalue weighted by Crippen LogP contribution is -2.23. The van der Waals surface area contributed by atoms with Crippen LogP contribution in [0.1, 0.15) is 50.6 Å². The Morgan fingerprint density at radius 3 is 2.72 bits per heavy atom. The summed E-state index contributed by atoms with van der Waals surface area (Å²) < 4.78 is 5.10. The molecule has 1 aromatic rings. The molecule has 98 valence electrons. The molecule has 0 radical (unpaired) electrons. The Morgan fingerprint density at radius 1 is 1.33 bits per heavy atom. The molecule has 1 aliphatic carbocycles. The predicted molar refractivity (Wildman–Crippen MR) is 71.3 cm³/mol. The van der Waals surface area contributed by atoms with Crippen LogP contribution in [0.3, 0.4) is 0 Å². The maximum Gasteiger partial charge on any atom is 0.308 e. The summed E-state index contributed by atoms with van der Waals surface area (Å²) in [7, 11) is 0. The summed E-state index contributed by atoms with van der Waals surface area (Å²) in [6.45, 7) is 1.41. The Balaban J connectivity index is 2.09.